The molecule has 1 amide bonds. The van der Waals surface area contributed by atoms with Crippen molar-refractivity contribution in [1.82, 2.24) is 19.8 Å². The number of carbonyl (C=O) groups is 1. The Balaban J connectivity index is 2.13. The van der Waals surface area contributed by atoms with Crippen molar-refractivity contribution in [3.63, 3.8) is 0 Å². The van der Waals surface area contributed by atoms with E-state index in [0.717, 1.165) is 31.6 Å². The van der Waals surface area contributed by atoms with Gasteiger partial charge >= 0.3 is 6.09 Å². The summed E-state index contributed by atoms with van der Waals surface area (Å²) in [6, 6.07) is 14.6. The molecule has 188 valence electrons. The van der Waals surface area contributed by atoms with E-state index in [4.69, 9.17) is 9.72 Å². The zero-order valence-corrected chi connectivity index (χ0v) is 21.8. The second-order valence-electron chi connectivity index (χ2n) is 9.78. The van der Waals surface area contributed by atoms with E-state index in [9.17, 15) is 9.59 Å². The third-order valence-electron chi connectivity index (χ3n) is 6.01. The van der Waals surface area contributed by atoms with E-state index in [-0.39, 0.29) is 5.56 Å². The van der Waals surface area contributed by atoms with Crippen molar-refractivity contribution >= 4 is 17.0 Å². The monoisotopic (exact) mass is 478 g/mol. The normalized spacial score (nSPS) is 12.7. The lowest BCUT2D eigenvalue weighted by Gasteiger charge is -2.26. The van der Waals surface area contributed by atoms with Crippen LogP contribution in [0.4, 0.5) is 4.79 Å². The van der Waals surface area contributed by atoms with Crippen molar-refractivity contribution in [2.75, 3.05) is 19.6 Å². The van der Waals surface area contributed by atoms with Gasteiger partial charge in [-0.15, -0.1) is 0 Å². The van der Waals surface area contributed by atoms with Crippen LogP contribution >= 0.6 is 0 Å². The predicted molar refractivity (Wildman–Crippen MR) is 141 cm³/mol. The third-order valence-corrected chi connectivity index (χ3v) is 6.01. The summed E-state index contributed by atoms with van der Waals surface area (Å²) in [7, 11) is 0. The van der Waals surface area contributed by atoms with Gasteiger partial charge in [-0.2, -0.15) is 0 Å². The Morgan fingerprint density at radius 3 is 2.40 bits per heavy atom. The predicted octanol–water partition coefficient (Wildman–Crippen LogP) is 5.38. The van der Waals surface area contributed by atoms with Gasteiger partial charge in [-0.25, -0.2) is 9.78 Å². The molecule has 3 aromatic rings. The molecule has 0 aliphatic carbocycles. The summed E-state index contributed by atoms with van der Waals surface area (Å²) in [6.45, 7) is 14.5. The fourth-order valence-electron chi connectivity index (χ4n) is 4.25. The maximum atomic E-state index is 13.8. The van der Waals surface area contributed by atoms with Crippen LogP contribution in [0.5, 0.6) is 0 Å². The second kappa shape index (κ2) is 11.5. The number of carbonyl (C=O) groups excluding carboxylic acids is 1. The number of rotatable bonds is 9. The van der Waals surface area contributed by atoms with E-state index >= 15 is 0 Å². The van der Waals surface area contributed by atoms with Gasteiger partial charge in [0.05, 0.1) is 22.6 Å². The van der Waals surface area contributed by atoms with Gasteiger partial charge in [0.1, 0.15) is 11.4 Å². The number of aromatic nitrogens is 2. The molecule has 1 N–H and O–H groups in total. The number of nitrogens with one attached hydrogen (secondary N) is 1. The van der Waals surface area contributed by atoms with Gasteiger partial charge in [-0.3, -0.25) is 9.36 Å². The molecule has 3 rings (SSSR count). The Morgan fingerprint density at radius 2 is 1.77 bits per heavy atom. The van der Waals surface area contributed by atoms with Gasteiger partial charge in [-0.05, 0) is 83.9 Å². The average Bonchev–Trinajstić information content (AvgIpc) is 2.80. The number of para-hydroxylation sites is 1. The molecule has 0 saturated carbocycles. The molecule has 0 spiro atoms. The van der Waals surface area contributed by atoms with E-state index < -0.39 is 17.7 Å². The zero-order chi connectivity index (χ0) is 25.6. The molecule has 2 aromatic carbocycles. The molecule has 0 bridgehead atoms. The molecule has 1 aromatic heterocycles. The highest BCUT2D eigenvalue weighted by Gasteiger charge is 2.26. The molecule has 1 atom stereocenters. The number of aryl methyl sites for hydroxylation is 1. The van der Waals surface area contributed by atoms with Crippen molar-refractivity contribution in [3.05, 3.63) is 70.3 Å². The summed E-state index contributed by atoms with van der Waals surface area (Å²) in [5.74, 6) is 0.504. The van der Waals surface area contributed by atoms with Crippen LogP contribution in [-0.2, 0) is 4.74 Å². The second-order valence-corrected chi connectivity index (χ2v) is 9.78. The number of alkyl carbamates (subject to hydrolysis) is 1. The Hall–Kier alpha value is -3.19. The Labute approximate surface area is 208 Å². The van der Waals surface area contributed by atoms with Crippen LogP contribution in [0.1, 0.15) is 64.9 Å². The molecule has 0 fully saturated rings. The van der Waals surface area contributed by atoms with E-state index in [1.54, 1.807) is 4.57 Å². The van der Waals surface area contributed by atoms with E-state index in [1.807, 2.05) is 76.2 Å². The molecule has 7 nitrogen and oxygen atoms in total. The number of hydrogen-bond acceptors (Lipinski definition) is 5. The van der Waals surface area contributed by atoms with Gasteiger partial charge in [0.25, 0.3) is 5.56 Å². The van der Waals surface area contributed by atoms with Crippen molar-refractivity contribution < 1.29 is 9.53 Å². The summed E-state index contributed by atoms with van der Waals surface area (Å²) < 4.78 is 7.20. The van der Waals surface area contributed by atoms with Crippen molar-refractivity contribution in [3.8, 4) is 5.69 Å². The smallest absolute Gasteiger partial charge is 0.408 e. The first kappa shape index (κ1) is 26.4. The number of nitrogens with zero attached hydrogens (tertiary/aromatic N) is 3. The van der Waals surface area contributed by atoms with E-state index in [2.05, 4.69) is 24.1 Å². The summed E-state index contributed by atoms with van der Waals surface area (Å²) in [5.41, 5.74) is 1.42. The molecule has 0 aliphatic heterocycles. The lowest BCUT2D eigenvalue weighted by atomic mass is 10.1. The topological polar surface area (TPSA) is 76.5 Å². The summed E-state index contributed by atoms with van der Waals surface area (Å²) in [6.07, 6.45) is 0.925. The molecule has 35 heavy (non-hydrogen) atoms. The van der Waals surface area contributed by atoms with E-state index in [1.165, 1.54) is 0 Å². The van der Waals surface area contributed by atoms with Crippen molar-refractivity contribution in [1.29, 1.82) is 0 Å². The van der Waals surface area contributed by atoms with Crippen LogP contribution in [0.25, 0.3) is 16.6 Å². The Bertz CT molecular complexity index is 1190. The maximum Gasteiger partial charge on any atom is 0.408 e. The number of benzene rings is 2. The van der Waals surface area contributed by atoms with Crippen LogP contribution in [0.3, 0.4) is 0 Å². The number of fused-ring (bicyclic) bond motifs is 1. The van der Waals surface area contributed by atoms with Crippen molar-refractivity contribution in [2.45, 2.75) is 66.0 Å². The molecule has 1 heterocycles. The fraction of sp³-hybridized carbons (Fsp3) is 0.464. The minimum Gasteiger partial charge on any atom is -0.444 e. The number of hydrogen-bond donors (Lipinski definition) is 1. The quantitative estimate of drug-likeness (QED) is 0.447. The van der Waals surface area contributed by atoms with Gasteiger partial charge in [0.2, 0.25) is 0 Å². The van der Waals surface area contributed by atoms with Gasteiger partial charge in [-0.1, -0.05) is 44.2 Å². The van der Waals surface area contributed by atoms with Crippen LogP contribution in [0, 0.1) is 6.92 Å². The molecule has 0 saturated heterocycles. The first-order valence-corrected chi connectivity index (χ1v) is 12.4. The Kier molecular flexibility index (Phi) is 8.67. The van der Waals surface area contributed by atoms with Gasteiger partial charge in [0, 0.05) is 0 Å². The molecule has 0 radical (unpaired) electrons. The number of ether oxygens (including phenoxy) is 1. The SMILES string of the molecule is CCN(CC)CCCC(NC(=O)OC(C)(C)C)c1nc2cccc(C)c2c(=O)n1-c1ccccc1. The lowest BCUT2D eigenvalue weighted by molar-refractivity contribution is 0.0496. The third kappa shape index (κ3) is 6.69. The maximum absolute atomic E-state index is 13.8. The van der Waals surface area contributed by atoms with Gasteiger partial charge in [0.15, 0.2) is 0 Å². The van der Waals surface area contributed by atoms with E-state index in [0.29, 0.717) is 28.8 Å². The van der Waals surface area contributed by atoms with Crippen LogP contribution < -0.4 is 10.9 Å². The fourth-order valence-corrected chi connectivity index (χ4v) is 4.25. The standard InChI is InChI=1S/C28H38N4O3/c1-7-31(8-2)19-13-18-23(30-27(34)35-28(4,5)6)25-29-22-17-12-14-20(3)24(22)26(33)32(25)21-15-10-9-11-16-21/h9-12,14-17,23H,7-8,13,18-19H2,1-6H3,(H,30,34). The Morgan fingerprint density at radius 1 is 1.09 bits per heavy atom. The highest BCUT2D eigenvalue weighted by Crippen LogP contribution is 2.24. The summed E-state index contributed by atoms with van der Waals surface area (Å²) >= 11 is 0. The minimum absolute atomic E-state index is 0.144. The first-order chi connectivity index (χ1) is 16.6. The van der Waals surface area contributed by atoms with Crippen molar-refractivity contribution in [2.24, 2.45) is 0 Å². The number of amides is 1. The van der Waals surface area contributed by atoms with Gasteiger partial charge < -0.3 is 15.0 Å². The van der Waals surface area contributed by atoms with Crippen LogP contribution in [0.2, 0.25) is 0 Å². The summed E-state index contributed by atoms with van der Waals surface area (Å²) in [4.78, 5) is 34.0. The summed E-state index contributed by atoms with van der Waals surface area (Å²) in [5, 5.41) is 3.60. The highest BCUT2D eigenvalue weighted by atomic mass is 16.6. The lowest BCUT2D eigenvalue weighted by Crippen LogP contribution is -2.38. The molecule has 7 heteroatoms. The molecule has 1 unspecified atom stereocenters. The van der Waals surface area contributed by atoms with Crippen LogP contribution in [0.15, 0.2) is 53.3 Å². The highest BCUT2D eigenvalue weighted by molar-refractivity contribution is 5.81. The average molecular weight is 479 g/mol. The zero-order valence-electron chi connectivity index (χ0n) is 21.8. The minimum atomic E-state index is -0.636. The first-order valence-electron chi connectivity index (χ1n) is 12.4. The molecular weight excluding hydrogens is 440 g/mol. The molecular formula is C28H38N4O3. The largest absolute Gasteiger partial charge is 0.444 e. The van der Waals surface area contributed by atoms with Crippen LogP contribution in [-0.4, -0.2) is 45.8 Å². The molecule has 0 aliphatic rings.